The Morgan fingerprint density at radius 3 is 2.75 bits per heavy atom. The number of rotatable bonds is 2. The second-order valence-electron chi connectivity index (χ2n) is 4.54. The van der Waals surface area contributed by atoms with Crippen LogP contribution in [0.4, 0.5) is 4.39 Å². The Morgan fingerprint density at radius 2 is 2.05 bits per heavy atom. The van der Waals surface area contributed by atoms with Crippen LogP contribution in [0.1, 0.15) is 11.4 Å². The molecule has 0 fully saturated rings. The fraction of sp³-hybridized carbons (Fsp3) is 0.133. The Kier molecular flexibility index (Phi) is 3.40. The van der Waals surface area contributed by atoms with E-state index in [-0.39, 0.29) is 11.7 Å². The molecule has 0 bridgehead atoms. The highest BCUT2D eigenvalue weighted by Crippen LogP contribution is 2.28. The van der Waals surface area contributed by atoms with Gasteiger partial charge in [-0.2, -0.15) is 0 Å². The molecule has 0 spiro atoms. The first-order valence-corrected chi connectivity index (χ1v) is 7.01. The summed E-state index contributed by atoms with van der Waals surface area (Å²) in [7, 11) is 0. The van der Waals surface area contributed by atoms with Crippen molar-refractivity contribution >= 4 is 34.2 Å². The minimum Gasteiger partial charge on any atom is -0.292 e. The molecule has 0 aliphatic carbocycles. The Balaban J connectivity index is 2.40. The van der Waals surface area contributed by atoms with Crippen molar-refractivity contribution in [3.8, 4) is 5.69 Å². The standard InChI is InChI=1S/C15H11Cl2FN2/c1-9-3-2-4-11(18)15(9)20-13-6-5-10(17)7-12(13)19-14(20)8-16/h2-7H,8H2,1H3. The minimum absolute atomic E-state index is 0.195. The molecule has 2 aromatic carbocycles. The first kappa shape index (κ1) is 13.4. The van der Waals surface area contributed by atoms with E-state index in [0.29, 0.717) is 22.1 Å². The average Bonchev–Trinajstić information content (AvgIpc) is 2.76. The Labute approximate surface area is 125 Å². The molecule has 0 aliphatic heterocycles. The van der Waals surface area contributed by atoms with Gasteiger partial charge in [0.1, 0.15) is 11.6 Å². The van der Waals surface area contributed by atoms with Crippen LogP contribution in [0.5, 0.6) is 0 Å². The summed E-state index contributed by atoms with van der Waals surface area (Å²) in [6, 6.07) is 10.3. The smallest absolute Gasteiger partial charge is 0.147 e. The second kappa shape index (κ2) is 5.08. The summed E-state index contributed by atoms with van der Waals surface area (Å²) < 4.78 is 16.0. The summed E-state index contributed by atoms with van der Waals surface area (Å²) in [5.74, 6) is 0.489. The van der Waals surface area contributed by atoms with E-state index in [2.05, 4.69) is 4.98 Å². The first-order valence-electron chi connectivity index (χ1n) is 6.10. The third kappa shape index (κ3) is 2.07. The number of halogens is 3. The highest BCUT2D eigenvalue weighted by atomic mass is 35.5. The van der Waals surface area contributed by atoms with E-state index in [1.807, 2.05) is 19.1 Å². The lowest BCUT2D eigenvalue weighted by Gasteiger charge is -2.12. The number of benzene rings is 2. The molecule has 0 atom stereocenters. The maximum atomic E-state index is 14.2. The van der Waals surface area contributed by atoms with E-state index in [1.54, 1.807) is 22.8 Å². The van der Waals surface area contributed by atoms with Crippen molar-refractivity contribution in [1.29, 1.82) is 0 Å². The number of alkyl halides is 1. The van der Waals surface area contributed by atoms with Gasteiger partial charge in [0.25, 0.3) is 0 Å². The van der Waals surface area contributed by atoms with Gasteiger partial charge in [-0.3, -0.25) is 4.57 Å². The van der Waals surface area contributed by atoms with Crippen molar-refractivity contribution in [2.24, 2.45) is 0 Å². The van der Waals surface area contributed by atoms with Crippen LogP contribution in [0, 0.1) is 12.7 Å². The molecule has 3 rings (SSSR count). The topological polar surface area (TPSA) is 17.8 Å². The molecule has 0 saturated heterocycles. The van der Waals surface area contributed by atoms with E-state index < -0.39 is 0 Å². The SMILES string of the molecule is Cc1cccc(F)c1-n1c(CCl)nc2cc(Cl)ccc21. The van der Waals surface area contributed by atoms with Crippen LogP contribution in [-0.2, 0) is 5.88 Å². The molecule has 1 heterocycles. The number of hydrogen-bond acceptors (Lipinski definition) is 1. The zero-order chi connectivity index (χ0) is 14.3. The van der Waals surface area contributed by atoms with Gasteiger partial charge in [0.05, 0.1) is 22.6 Å². The van der Waals surface area contributed by atoms with Crippen molar-refractivity contribution in [3.63, 3.8) is 0 Å². The van der Waals surface area contributed by atoms with Crippen LogP contribution in [0.15, 0.2) is 36.4 Å². The zero-order valence-corrected chi connectivity index (χ0v) is 12.2. The van der Waals surface area contributed by atoms with Gasteiger partial charge in [-0.1, -0.05) is 23.7 Å². The van der Waals surface area contributed by atoms with Crippen molar-refractivity contribution in [2.45, 2.75) is 12.8 Å². The molecule has 2 nitrogen and oxygen atoms in total. The fourth-order valence-electron chi connectivity index (χ4n) is 2.35. The highest BCUT2D eigenvalue weighted by Gasteiger charge is 2.16. The molecule has 102 valence electrons. The molecule has 0 radical (unpaired) electrons. The molecule has 0 N–H and O–H groups in total. The third-order valence-electron chi connectivity index (χ3n) is 3.22. The number of hydrogen-bond donors (Lipinski definition) is 0. The van der Waals surface area contributed by atoms with Gasteiger partial charge < -0.3 is 0 Å². The minimum atomic E-state index is -0.300. The van der Waals surface area contributed by atoms with E-state index in [9.17, 15) is 4.39 Å². The van der Waals surface area contributed by atoms with Gasteiger partial charge >= 0.3 is 0 Å². The molecular formula is C15H11Cl2FN2. The molecule has 0 unspecified atom stereocenters. The number of aryl methyl sites for hydroxylation is 1. The van der Waals surface area contributed by atoms with Crippen LogP contribution in [-0.4, -0.2) is 9.55 Å². The van der Waals surface area contributed by atoms with Gasteiger partial charge in [0.2, 0.25) is 0 Å². The number of fused-ring (bicyclic) bond motifs is 1. The highest BCUT2D eigenvalue weighted by molar-refractivity contribution is 6.31. The molecule has 20 heavy (non-hydrogen) atoms. The second-order valence-corrected chi connectivity index (χ2v) is 5.24. The normalized spacial score (nSPS) is 11.2. The van der Waals surface area contributed by atoms with E-state index in [4.69, 9.17) is 23.2 Å². The maximum absolute atomic E-state index is 14.2. The van der Waals surface area contributed by atoms with Crippen LogP contribution in [0.2, 0.25) is 5.02 Å². The zero-order valence-electron chi connectivity index (χ0n) is 10.7. The predicted octanol–water partition coefficient (Wildman–Crippen LogP) is 4.87. The Bertz CT molecular complexity index is 776. The summed E-state index contributed by atoms with van der Waals surface area (Å²) in [5.41, 5.74) is 2.80. The fourth-order valence-corrected chi connectivity index (χ4v) is 2.69. The summed E-state index contributed by atoms with van der Waals surface area (Å²) in [6.45, 7) is 1.86. The van der Waals surface area contributed by atoms with Crippen molar-refractivity contribution in [3.05, 3.63) is 58.6 Å². The third-order valence-corrected chi connectivity index (χ3v) is 3.69. The molecule has 5 heteroatoms. The molecule has 3 aromatic rings. The van der Waals surface area contributed by atoms with Gasteiger partial charge in [-0.25, -0.2) is 9.37 Å². The predicted molar refractivity (Wildman–Crippen MR) is 80.3 cm³/mol. The number of imidazole rings is 1. The molecule has 1 aromatic heterocycles. The quantitative estimate of drug-likeness (QED) is 0.618. The molecule has 0 aliphatic rings. The maximum Gasteiger partial charge on any atom is 0.147 e. The lowest BCUT2D eigenvalue weighted by Crippen LogP contribution is -2.04. The van der Waals surface area contributed by atoms with Gasteiger partial charge in [0.15, 0.2) is 0 Å². The van der Waals surface area contributed by atoms with Gasteiger partial charge in [0, 0.05) is 5.02 Å². The van der Waals surface area contributed by atoms with Crippen molar-refractivity contribution in [1.82, 2.24) is 9.55 Å². The molecular weight excluding hydrogens is 298 g/mol. The van der Waals surface area contributed by atoms with Gasteiger partial charge in [-0.05, 0) is 36.8 Å². The summed E-state index contributed by atoms with van der Waals surface area (Å²) in [5, 5.41) is 0.591. The monoisotopic (exact) mass is 308 g/mol. The largest absolute Gasteiger partial charge is 0.292 e. The summed E-state index contributed by atoms with van der Waals surface area (Å²) in [6.07, 6.45) is 0. The lowest BCUT2D eigenvalue weighted by atomic mass is 10.2. The number of aromatic nitrogens is 2. The van der Waals surface area contributed by atoms with E-state index >= 15 is 0 Å². The van der Waals surface area contributed by atoms with Crippen LogP contribution in [0.3, 0.4) is 0 Å². The van der Waals surface area contributed by atoms with E-state index in [0.717, 1.165) is 11.1 Å². The summed E-state index contributed by atoms with van der Waals surface area (Å²) >= 11 is 11.9. The average molecular weight is 309 g/mol. The van der Waals surface area contributed by atoms with Crippen molar-refractivity contribution in [2.75, 3.05) is 0 Å². The van der Waals surface area contributed by atoms with Crippen LogP contribution < -0.4 is 0 Å². The van der Waals surface area contributed by atoms with Crippen LogP contribution >= 0.6 is 23.2 Å². The summed E-state index contributed by atoms with van der Waals surface area (Å²) in [4.78, 5) is 4.43. The first-order chi connectivity index (χ1) is 9.61. The lowest BCUT2D eigenvalue weighted by molar-refractivity contribution is 0.616. The van der Waals surface area contributed by atoms with Crippen LogP contribution in [0.25, 0.3) is 16.7 Å². The van der Waals surface area contributed by atoms with Crippen molar-refractivity contribution < 1.29 is 4.39 Å². The molecule has 0 saturated carbocycles. The molecule has 0 amide bonds. The number of para-hydroxylation sites is 1. The van der Waals surface area contributed by atoms with Gasteiger partial charge in [-0.15, -0.1) is 11.6 Å². The Morgan fingerprint density at radius 1 is 1.25 bits per heavy atom. The number of nitrogens with zero attached hydrogens (tertiary/aromatic N) is 2. The van der Waals surface area contributed by atoms with E-state index in [1.165, 1.54) is 6.07 Å². The Hall–Kier alpha value is -1.58.